The Bertz CT molecular complexity index is 675. The van der Waals surface area contributed by atoms with Crippen LogP contribution in [-0.4, -0.2) is 34.4 Å². The molecule has 0 aliphatic carbocycles. The lowest BCUT2D eigenvalue weighted by molar-refractivity contribution is 0.305. The van der Waals surface area contributed by atoms with Crippen LogP contribution in [0.25, 0.3) is 0 Å². The first-order valence-electron chi connectivity index (χ1n) is 6.99. The fraction of sp³-hybridized carbons (Fsp3) is 0.571. The summed E-state index contributed by atoms with van der Waals surface area (Å²) in [5.41, 5.74) is 0.960. The van der Waals surface area contributed by atoms with Gasteiger partial charge in [0.25, 0.3) is 10.1 Å². The molecule has 0 N–H and O–H groups in total. The lowest BCUT2D eigenvalue weighted by atomic mass is 10.1. The summed E-state index contributed by atoms with van der Waals surface area (Å²) < 4.78 is 52.6. The van der Waals surface area contributed by atoms with E-state index in [0.717, 1.165) is 12.0 Å². The molecule has 1 fully saturated rings. The average molecular weight is 332 g/mol. The van der Waals surface area contributed by atoms with Crippen LogP contribution in [0, 0.1) is 6.92 Å². The van der Waals surface area contributed by atoms with Crippen molar-refractivity contribution < 1.29 is 21.0 Å². The number of hydrogen-bond acceptors (Lipinski definition) is 5. The van der Waals surface area contributed by atoms with E-state index in [2.05, 4.69) is 0 Å². The van der Waals surface area contributed by atoms with Gasteiger partial charge in [-0.15, -0.1) is 0 Å². The van der Waals surface area contributed by atoms with Gasteiger partial charge in [0, 0.05) is 0 Å². The van der Waals surface area contributed by atoms with Gasteiger partial charge in [-0.05, 0) is 38.3 Å². The van der Waals surface area contributed by atoms with E-state index in [1.54, 1.807) is 12.1 Å². The molecule has 0 spiro atoms. The van der Waals surface area contributed by atoms with E-state index in [1.807, 2.05) is 6.92 Å². The smallest absolute Gasteiger partial charge is 0.266 e. The number of hydrogen-bond donors (Lipinski definition) is 0. The van der Waals surface area contributed by atoms with Gasteiger partial charge in [0.1, 0.15) is 0 Å². The minimum Gasteiger partial charge on any atom is -0.266 e. The average Bonchev–Trinajstić information content (AvgIpc) is 2.41. The molecule has 1 aliphatic heterocycles. The predicted octanol–water partition coefficient (Wildman–Crippen LogP) is 2.06. The summed E-state index contributed by atoms with van der Waals surface area (Å²) in [6.45, 7) is 1.77. The number of benzene rings is 1. The molecule has 118 valence electrons. The van der Waals surface area contributed by atoms with E-state index in [-0.39, 0.29) is 23.7 Å². The van der Waals surface area contributed by atoms with E-state index in [4.69, 9.17) is 4.18 Å². The Kier molecular flexibility index (Phi) is 5.06. The summed E-state index contributed by atoms with van der Waals surface area (Å²) in [5.74, 6) is 0.197. The maximum Gasteiger partial charge on any atom is 0.296 e. The van der Waals surface area contributed by atoms with Gasteiger partial charge in [-0.2, -0.15) is 8.42 Å². The molecule has 0 aromatic heterocycles. The van der Waals surface area contributed by atoms with Crippen molar-refractivity contribution in [1.82, 2.24) is 0 Å². The zero-order valence-electron chi connectivity index (χ0n) is 12.0. The van der Waals surface area contributed by atoms with Gasteiger partial charge in [0.15, 0.2) is 9.84 Å². The standard InChI is InChI=1S/C14H20O5S2/c1-12-5-7-14(8-6-12)21(17,18)19-10-9-13-4-2-3-11-20(13,15)16/h5-8,13H,2-4,9-11H2,1H3. The van der Waals surface area contributed by atoms with Crippen LogP contribution in [-0.2, 0) is 24.1 Å². The largest absolute Gasteiger partial charge is 0.296 e. The molecule has 2 rings (SSSR count). The normalized spacial score (nSPS) is 22.0. The maximum absolute atomic E-state index is 12.0. The first-order valence-corrected chi connectivity index (χ1v) is 10.1. The number of sulfone groups is 1. The SMILES string of the molecule is Cc1ccc(S(=O)(=O)OCCC2CCCCS2(=O)=O)cc1. The van der Waals surface area contributed by atoms with Crippen molar-refractivity contribution in [2.75, 3.05) is 12.4 Å². The lowest BCUT2D eigenvalue weighted by Gasteiger charge is -2.21. The van der Waals surface area contributed by atoms with Crippen molar-refractivity contribution in [3.05, 3.63) is 29.8 Å². The van der Waals surface area contributed by atoms with Crippen molar-refractivity contribution in [2.45, 2.75) is 42.8 Å². The highest BCUT2D eigenvalue weighted by atomic mass is 32.2. The van der Waals surface area contributed by atoms with Crippen LogP contribution >= 0.6 is 0 Å². The Hall–Kier alpha value is -0.920. The quantitative estimate of drug-likeness (QED) is 0.771. The Balaban J connectivity index is 1.95. The molecule has 5 nitrogen and oxygen atoms in total. The molecule has 1 aliphatic rings. The van der Waals surface area contributed by atoms with Gasteiger partial charge < -0.3 is 0 Å². The monoisotopic (exact) mass is 332 g/mol. The summed E-state index contributed by atoms with van der Waals surface area (Å²) in [5, 5.41) is -0.473. The zero-order chi connectivity index (χ0) is 15.5. The summed E-state index contributed by atoms with van der Waals surface area (Å²) >= 11 is 0. The van der Waals surface area contributed by atoms with Crippen molar-refractivity contribution in [3.63, 3.8) is 0 Å². The van der Waals surface area contributed by atoms with Gasteiger partial charge in [-0.1, -0.05) is 24.1 Å². The van der Waals surface area contributed by atoms with E-state index in [9.17, 15) is 16.8 Å². The molecule has 1 atom stereocenters. The third kappa shape index (κ3) is 4.28. The summed E-state index contributed by atoms with van der Waals surface area (Å²) in [6, 6.07) is 6.37. The van der Waals surface area contributed by atoms with Crippen LogP contribution in [0.4, 0.5) is 0 Å². The van der Waals surface area contributed by atoms with Crippen LogP contribution in [0.3, 0.4) is 0 Å². The van der Waals surface area contributed by atoms with E-state index < -0.39 is 25.2 Å². The summed E-state index contributed by atoms with van der Waals surface area (Å²) in [4.78, 5) is 0.0969. The molecule has 21 heavy (non-hydrogen) atoms. The third-order valence-electron chi connectivity index (χ3n) is 3.70. The molecule has 1 aromatic carbocycles. The second kappa shape index (κ2) is 6.46. The number of rotatable bonds is 5. The van der Waals surface area contributed by atoms with Crippen LogP contribution in [0.15, 0.2) is 29.2 Å². The van der Waals surface area contributed by atoms with E-state index in [0.29, 0.717) is 12.8 Å². The first-order chi connectivity index (χ1) is 9.81. The summed E-state index contributed by atoms with van der Waals surface area (Å²) in [6.07, 6.45) is 2.39. The van der Waals surface area contributed by atoms with Crippen molar-refractivity contribution in [3.8, 4) is 0 Å². The van der Waals surface area contributed by atoms with Gasteiger partial charge in [-0.25, -0.2) is 8.42 Å². The highest BCUT2D eigenvalue weighted by molar-refractivity contribution is 7.92. The fourth-order valence-electron chi connectivity index (χ4n) is 2.41. The second-order valence-corrected chi connectivity index (χ2v) is 9.38. The Morgan fingerprint density at radius 2 is 1.86 bits per heavy atom. The zero-order valence-corrected chi connectivity index (χ0v) is 13.6. The minimum absolute atomic E-state index is 0.0969. The molecule has 0 saturated carbocycles. The maximum atomic E-state index is 12.0. The highest BCUT2D eigenvalue weighted by Gasteiger charge is 2.29. The Morgan fingerprint density at radius 3 is 2.48 bits per heavy atom. The molecule has 0 radical (unpaired) electrons. The lowest BCUT2D eigenvalue weighted by Crippen LogP contribution is -2.29. The van der Waals surface area contributed by atoms with Crippen LogP contribution in [0.2, 0.25) is 0 Å². The molecular weight excluding hydrogens is 312 g/mol. The fourth-order valence-corrected chi connectivity index (χ4v) is 5.25. The second-order valence-electron chi connectivity index (χ2n) is 5.36. The van der Waals surface area contributed by atoms with Gasteiger partial charge in [0.2, 0.25) is 0 Å². The molecule has 7 heteroatoms. The molecule has 0 bridgehead atoms. The Labute approximate surface area is 126 Å². The van der Waals surface area contributed by atoms with E-state index in [1.165, 1.54) is 12.1 Å². The molecular formula is C14H20O5S2. The van der Waals surface area contributed by atoms with Crippen LogP contribution < -0.4 is 0 Å². The predicted molar refractivity (Wildman–Crippen MR) is 80.4 cm³/mol. The summed E-state index contributed by atoms with van der Waals surface area (Å²) in [7, 11) is -6.90. The van der Waals surface area contributed by atoms with E-state index >= 15 is 0 Å². The highest BCUT2D eigenvalue weighted by Crippen LogP contribution is 2.23. The molecule has 1 heterocycles. The van der Waals surface area contributed by atoms with Gasteiger partial charge >= 0.3 is 0 Å². The van der Waals surface area contributed by atoms with Crippen molar-refractivity contribution in [2.24, 2.45) is 0 Å². The Morgan fingerprint density at radius 1 is 1.19 bits per heavy atom. The topological polar surface area (TPSA) is 77.5 Å². The molecule has 0 amide bonds. The first kappa shape index (κ1) is 16.5. The minimum atomic E-state index is -3.81. The molecule has 1 saturated heterocycles. The van der Waals surface area contributed by atoms with Crippen molar-refractivity contribution >= 4 is 20.0 Å². The molecule has 1 unspecified atom stereocenters. The van der Waals surface area contributed by atoms with Gasteiger partial charge in [0.05, 0.1) is 22.5 Å². The number of aryl methyl sites for hydroxylation is 1. The van der Waals surface area contributed by atoms with Crippen LogP contribution in [0.1, 0.15) is 31.2 Å². The van der Waals surface area contributed by atoms with Gasteiger partial charge in [-0.3, -0.25) is 4.18 Å². The third-order valence-corrected chi connectivity index (χ3v) is 7.37. The molecule has 1 aromatic rings. The van der Waals surface area contributed by atoms with Crippen LogP contribution in [0.5, 0.6) is 0 Å². The van der Waals surface area contributed by atoms with Crippen molar-refractivity contribution in [1.29, 1.82) is 0 Å².